The van der Waals surface area contributed by atoms with E-state index in [1.807, 2.05) is 35.7 Å². The molecule has 0 atom stereocenters. The molecular weight excluding hydrogens is 282 g/mol. The summed E-state index contributed by atoms with van der Waals surface area (Å²) in [5.74, 6) is 0.117. The molecule has 4 nitrogen and oxygen atoms in total. The minimum absolute atomic E-state index is 0.148. The van der Waals surface area contributed by atoms with E-state index in [0.717, 1.165) is 16.6 Å². The number of thiazole rings is 1. The molecule has 0 aliphatic carbocycles. The molecular formula is C16H15N3OS. The number of nitrogens with zero attached hydrogens (tertiary/aromatic N) is 2. The maximum absolute atomic E-state index is 12.5. The molecule has 1 aromatic carbocycles. The van der Waals surface area contributed by atoms with Crippen molar-refractivity contribution in [2.24, 2.45) is 0 Å². The first kappa shape index (κ1) is 13.7. The number of pyridine rings is 1. The first-order valence-corrected chi connectivity index (χ1v) is 7.63. The Morgan fingerprint density at radius 2 is 2.10 bits per heavy atom. The molecule has 0 unspecified atom stereocenters. The van der Waals surface area contributed by atoms with Crippen molar-refractivity contribution >= 4 is 33.3 Å². The predicted octanol–water partition coefficient (Wildman–Crippen LogP) is 4.07. The topological polar surface area (TPSA) is 54.9 Å². The van der Waals surface area contributed by atoms with Crippen LogP contribution in [0, 0.1) is 0 Å². The average molecular weight is 297 g/mol. The minimum Gasteiger partial charge on any atom is -0.298 e. The van der Waals surface area contributed by atoms with Gasteiger partial charge >= 0.3 is 0 Å². The second kappa shape index (κ2) is 5.61. The third kappa shape index (κ3) is 2.78. The lowest BCUT2D eigenvalue weighted by molar-refractivity contribution is 0.102. The predicted molar refractivity (Wildman–Crippen MR) is 85.9 cm³/mol. The van der Waals surface area contributed by atoms with Crippen LogP contribution in [0.5, 0.6) is 0 Å². The number of hydrogen-bond donors (Lipinski definition) is 1. The largest absolute Gasteiger partial charge is 0.298 e. The number of amides is 1. The molecule has 0 fully saturated rings. The SMILES string of the molecule is CC(C)c1cc(C(=O)Nc2nccs2)c2ccccc2n1. The number of carbonyl (C=O) groups excluding carboxylic acids is 1. The summed E-state index contributed by atoms with van der Waals surface area (Å²) in [7, 11) is 0. The highest BCUT2D eigenvalue weighted by Gasteiger charge is 2.15. The molecule has 0 saturated heterocycles. The molecule has 0 aliphatic heterocycles. The number of aromatic nitrogens is 2. The summed E-state index contributed by atoms with van der Waals surface area (Å²) in [5, 5.41) is 6.13. The number of fused-ring (bicyclic) bond motifs is 1. The summed E-state index contributed by atoms with van der Waals surface area (Å²) in [5.41, 5.74) is 2.39. The number of para-hydroxylation sites is 1. The molecule has 2 aromatic heterocycles. The van der Waals surface area contributed by atoms with E-state index in [1.165, 1.54) is 11.3 Å². The van der Waals surface area contributed by atoms with Crippen LogP contribution in [0.4, 0.5) is 5.13 Å². The van der Waals surface area contributed by atoms with Gasteiger partial charge in [-0.15, -0.1) is 11.3 Å². The summed E-state index contributed by atoms with van der Waals surface area (Å²) in [6.45, 7) is 4.14. The van der Waals surface area contributed by atoms with E-state index in [2.05, 4.69) is 29.1 Å². The zero-order valence-corrected chi connectivity index (χ0v) is 12.6. The van der Waals surface area contributed by atoms with Crippen LogP contribution in [-0.2, 0) is 0 Å². The number of nitrogens with one attached hydrogen (secondary N) is 1. The average Bonchev–Trinajstić information content (AvgIpc) is 2.98. The van der Waals surface area contributed by atoms with Crippen molar-refractivity contribution in [1.82, 2.24) is 9.97 Å². The van der Waals surface area contributed by atoms with Crippen LogP contribution in [-0.4, -0.2) is 15.9 Å². The van der Waals surface area contributed by atoms with Crippen molar-refractivity contribution in [2.75, 3.05) is 5.32 Å². The van der Waals surface area contributed by atoms with Gasteiger partial charge in [0.05, 0.1) is 11.1 Å². The number of anilines is 1. The maximum Gasteiger partial charge on any atom is 0.258 e. The van der Waals surface area contributed by atoms with Gasteiger partial charge in [0, 0.05) is 22.7 Å². The fraction of sp³-hybridized carbons (Fsp3) is 0.188. The highest BCUT2D eigenvalue weighted by atomic mass is 32.1. The van der Waals surface area contributed by atoms with Gasteiger partial charge in [0.25, 0.3) is 5.91 Å². The van der Waals surface area contributed by atoms with E-state index < -0.39 is 0 Å². The van der Waals surface area contributed by atoms with Gasteiger partial charge in [0.15, 0.2) is 5.13 Å². The van der Waals surface area contributed by atoms with Crippen LogP contribution >= 0.6 is 11.3 Å². The number of rotatable bonds is 3. The molecule has 0 aliphatic rings. The lowest BCUT2D eigenvalue weighted by Gasteiger charge is -2.11. The molecule has 3 aromatic rings. The maximum atomic E-state index is 12.5. The van der Waals surface area contributed by atoms with Gasteiger partial charge in [-0.05, 0) is 18.1 Å². The monoisotopic (exact) mass is 297 g/mol. The Bertz CT molecular complexity index is 781. The van der Waals surface area contributed by atoms with E-state index in [1.54, 1.807) is 6.20 Å². The molecule has 0 spiro atoms. The van der Waals surface area contributed by atoms with Crippen LogP contribution in [0.1, 0.15) is 35.8 Å². The molecule has 0 saturated carbocycles. The van der Waals surface area contributed by atoms with Crippen molar-refractivity contribution in [3.63, 3.8) is 0 Å². The Labute approximate surface area is 126 Å². The Morgan fingerprint density at radius 1 is 1.29 bits per heavy atom. The summed E-state index contributed by atoms with van der Waals surface area (Å²) in [6, 6.07) is 9.57. The van der Waals surface area contributed by atoms with E-state index in [4.69, 9.17) is 0 Å². The summed E-state index contributed by atoms with van der Waals surface area (Å²) in [6.07, 6.45) is 1.67. The number of benzene rings is 1. The van der Waals surface area contributed by atoms with Crippen molar-refractivity contribution < 1.29 is 4.79 Å². The van der Waals surface area contributed by atoms with Gasteiger partial charge in [-0.3, -0.25) is 15.1 Å². The normalized spacial score (nSPS) is 11.0. The van der Waals surface area contributed by atoms with Crippen LogP contribution in [0.3, 0.4) is 0 Å². The van der Waals surface area contributed by atoms with Gasteiger partial charge in [0.1, 0.15) is 0 Å². The van der Waals surface area contributed by atoms with Crippen molar-refractivity contribution in [3.8, 4) is 0 Å². The van der Waals surface area contributed by atoms with Crippen LogP contribution < -0.4 is 5.32 Å². The minimum atomic E-state index is -0.148. The first-order valence-electron chi connectivity index (χ1n) is 6.75. The van der Waals surface area contributed by atoms with Crippen molar-refractivity contribution in [2.45, 2.75) is 19.8 Å². The highest BCUT2D eigenvalue weighted by molar-refractivity contribution is 7.13. The second-order valence-corrected chi connectivity index (χ2v) is 5.95. The number of hydrogen-bond acceptors (Lipinski definition) is 4. The van der Waals surface area contributed by atoms with Gasteiger partial charge in [-0.2, -0.15) is 0 Å². The molecule has 0 bridgehead atoms. The van der Waals surface area contributed by atoms with Gasteiger partial charge < -0.3 is 0 Å². The summed E-state index contributed by atoms with van der Waals surface area (Å²) < 4.78 is 0. The van der Waals surface area contributed by atoms with Crippen molar-refractivity contribution in [3.05, 3.63) is 53.2 Å². The standard InChI is InChI=1S/C16H15N3OS/c1-10(2)14-9-12(11-5-3-4-6-13(11)18-14)15(20)19-16-17-7-8-21-16/h3-10H,1-2H3,(H,17,19,20). The lowest BCUT2D eigenvalue weighted by atomic mass is 10.0. The number of carbonyl (C=O) groups is 1. The quantitative estimate of drug-likeness (QED) is 0.793. The Balaban J connectivity index is 2.09. The van der Waals surface area contributed by atoms with Crippen LogP contribution in [0.15, 0.2) is 41.9 Å². The molecule has 1 amide bonds. The van der Waals surface area contributed by atoms with Crippen LogP contribution in [0.25, 0.3) is 10.9 Å². The lowest BCUT2D eigenvalue weighted by Crippen LogP contribution is -2.13. The molecule has 5 heteroatoms. The molecule has 21 heavy (non-hydrogen) atoms. The Kier molecular flexibility index (Phi) is 3.66. The van der Waals surface area contributed by atoms with Gasteiger partial charge in [-0.25, -0.2) is 4.98 Å². The van der Waals surface area contributed by atoms with E-state index in [-0.39, 0.29) is 11.8 Å². The Hall–Kier alpha value is -2.27. The van der Waals surface area contributed by atoms with E-state index in [9.17, 15) is 4.79 Å². The molecule has 1 N–H and O–H groups in total. The van der Waals surface area contributed by atoms with E-state index >= 15 is 0 Å². The third-order valence-corrected chi connectivity index (χ3v) is 3.91. The fourth-order valence-electron chi connectivity index (χ4n) is 2.13. The smallest absolute Gasteiger partial charge is 0.258 e. The fourth-order valence-corrected chi connectivity index (χ4v) is 2.65. The summed E-state index contributed by atoms with van der Waals surface area (Å²) in [4.78, 5) is 21.2. The molecule has 2 heterocycles. The van der Waals surface area contributed by atoms with E-state index in [0.29, 0.717) is 10.7 Å². The Morgan fingerprint density at radius 3 is 2.81 bits per heavy atom. The van der Waals surface area contributed by atoms with Gasteiger partial charge in [-0.1, -0.05) is 32.0 Å². The second-order valence-electron chi connectivity index (χ2n) is 5.06. The molecule has 3 rings (SSSR count). The van der Waals surface area contributed by atoms with Crippen molar-refractivity contribution in [1.29, 1.82) is 0 Å². The van der Waals surface area contributed by atoms with Gasteiger partial charge in [0.2, 0.25) is 0 Å². The zero-order chi connectivity index (χ0) is 14.8. The molecule has 106 valence electrons. The zero-order valence-electron chi connectivity index (χ0n) is 11.8. The highest BCUT2D eigenvalue weighted by Crippen LogP contribution is 2.23. The third-order valence-electron chi connectivity index (χ3n) is 3.22. The molecule has 0 radical (unpaired) electrons. The first-order chi connectivity index (χ1) is 10.1. The van der Waals surface area contributed by atoms with Crippen LogP contribution in [0.2, 0.25) is 0 Å². The summed E-state index contributed by atoms with van der Waals surface area (Å²) >= 11 is 1.40.